The molecule has 0 saturated heterocycles. The second kappa shape index (κ2) is 11.7. The molecule has 0 bridgehead atoms. The zero-order chi connectivity index (χ0) is 18.1. The second-order valence-corrected chi connectivity index (χ2v) is 5.71. The third-order valence-electron chi connectivity index (χ3n) is 3.94. The number of nitrogens with zero attached hydrogens (tertiary/aromatic N) is 4. The summed E-state index contributed by atoms with van der Waals surface area (Å²) in [7, 11) is 1.70. The number of guanidine groups is 1. The van der Waals surface area contributed by atoms with Crippen molar-refractivity contribution in [3.05, 3.63) is 41.5 Å². The lowest BCUT2D eigenvalue weighted by atomic mass is 10.1. The van der Waals surface area contributed by atoms with Crippen LogP contribution >= 0.6 is 24.0 Å². The van der Waals surface area contributed by atoms with Crippen LogP contribution in [0.25, 0.3) is 0 Å². The number of benzene rings is 1. The molecular weight excluding hydrogens is 443 g/mol. The fraction of sp³-hybridized carbons (Fsp3) is 0.500. The van der Waals surface area contributed by atoms with E-state index in [0.29, 0.717) is 6.54 Å². The minimum atomic E-state index is 0. The zero-order valence-electron chi connectivity index (χ0n) is 16.0. The van der Waals surface area contributed by atoms with Gasteiger partial charge in [0, 0.05) is 19.6 Å². The predicted molar refractivity (Wildman–Crippen MR) is 115 cm³/mol. The summed E-state index contributed by atoms with van der Waals surface area (Å²) in [5.41, 5.74) is 2.38. The molecule has 7 nitrogen and oxygen atoms in total. The molecule has 0 fully saturated rings. The molecule has 0 atom stereocenters. The molecule has 0 radical (unpaired) electrons. The van der Waals surface area contributed by atoms with E-state index in [1.807, 2.05) is 11.5 Å². The van der Waals surface area contributed by atoms with Crippen LogP contribution in [0, 0.1) is 6.92 Å². The van der Waals surface area contributed by atoms with Crippen molar-refractivity contribution in [1.82, 2.24) is 25.4 Å². The van der Waals surface area contributed by atoms with Crippen LogP contribution in [0.3, 0.4) is 0 Å². The lowest BCUT2D eigenvalue weighted by Gasteiger charge is -2.12. The minimum absolute atomic E-state index is 0. The molecule has 2 rings (SSSR count). The summed E-state index contributed by atoms with van der Waals surface area (Å²) < 4.78 is 7.37. The first-order valence-corrected chi connectivity index (χ1v) is 8.70. The Labute approximate surface area is 172 Å². The molecule has 144 valence electrons. The molecule has 0 aliphatic carbocycles. The normalized spacial score (nSPS) is 11.0. The van der Waals surface area contributed by atoms with Crippen molar-refractivity contribution in [3.8, 4) is 5.75 Å². The summed E-state index contributed by atoms with van der Waals surface area (Å²) in [5.74, 6) is 2.58. The predicted octanol–water partition coefficient (Wildman–Crippen LogP) is 2.53. The first kappa shape index (κ1) is 22.2. The first-order valence-electron chi connectivity index (χ1n) is 8.70. The SMILES string of the molecule is CCNC(=NCc1nncn1CC)NCCc1ccc(C)c(OC)c1.I. The van der Waals surface area contributed by atoms with Crippen LogP contribution < -0.4 is 15.4 Å². The number of hydrogen-bond donors (Lipinski definition) is 2. The molecule has 2 N–H and O–H groups in total. The summed E-state index contributed by atoms with van der Waals surface area (Å²) in [4.78, 5) is 4.59. The average molecular weight is 472 g/mol. The molecule has 2 aromatic rings. The maximum atomic E-state index is 5.38. The van der Waals surface area contributed by atoms with Crippen molar-refractivity contribution in [1.29, 1.82) is 0 Å². The smallest absolute Gasteiger partial charge is 0.191 e. The largest absolute Gasteiger partial charge is 0.496 e. The molecule has 8 heteroatoms. The van der Waals surface area contributed by atoms with Crippen molar-refractivity contribution in [2.45, 2.75) is 40.3 Å². The van der Waals surface area contributed by atoms with Crippen LogP contribution in [-0.2, 0) is 19.5 Å². The Hall–Kier alpha value is -1.84. The van der Waals surface area contributed by atoms with Gasteiger partial charge in [0.25, 0.3) is 0 Å². The molecule has 0 aliphatic heterocycles. The average Bonchev–Trinajstić information content (AvgIpc) is 3.08. The molecule has 0 aliphatic rings. The van der Waals surface area contributed by atoms with E-state index in [-0.39, 0.29) is 24.0 Å². The molecule has 0 amide bonds. The van der Waals surface area contributed by atoms with Gasteiger partial charge in [-0.1, -0.05) is 12.1 Å². The van der Waals surface area contributed by atoms with Crippen molar-refractivity contribution < 1.29 is 4.74 Å². The van der Waals surface area contributed by atoms with Crippen LogP contribution in [0.5, 0.6) is 5.75 Å². The highest BCUT2D eigenvalue weighted by molar-refractivity contribution is 14.0. The van der Waals surface area contributed by atoms with Crippen molar-refractivity contribution >= 4 is 29.9 Å². The number of nitrogens with one attached hydrogen (secondary N) is 2. The van der Waals surface area contributed by atoms with Gasteiger partial charge < -0.3 is 19.9 Å². The number of hydrogen-bond acceptors (Lipinski definition) is 4. The van der Waals surface area contributed by atoms with Crippen molar-refractivity contribution in [3.63, 3.8) is 0 Å². The van der Waals surface area contributed by atoms with E-state index < -0.39 is 0 Å². The van der Waals surface area contributed by atoms with Crippen molar-refractivity contribution in [2.75, 3.05) is 20.2 Å². The highest BCUT2D eigenvalue weighted by atomic mass is 127. The standard InChI is InChI=1S/C18H28N6O.HI/c1-5-19-18(21-12-17-23-22-13-24(17)6-2)20-10-9-15-8-7-14(3)16(11-15)25-4;/h7-8,11,13H,5-6,9-10,12H2,1-4H3,(H2,19,20,21);1H. The quantitative estimate of drug-likeness (QED) is 0.351. The molecule has 0 unspecified atom stereocenters. The summed E-state index contributed by atoms with van der Waals surface area (Å²) >= 11 is 0. The highest BCUT2D eigenvalue weighted by Gasteiger charge is 2.04. The summed E-state index contributed by atoms with van der Waals surface area (Å²) in [5, 5.41) is 14.7. The highest BCUT2D eigenvalue weighted by Crippen LogP contribution is 2.18. The Morgan fingerprint density at radius 2 is 2.08 bits per heavy atom. The molecule has 0 spiro atoms. The fourth-order valence-corrected chi connectivity index (χ4v) is 2.50. The minimum Gasteiger partial charge on any atom is -0.496 e. The van der Waals surface area contributed by atoms with Gasteiger partial charge in [-0.2, -0.15) is 0 Å². The Bertz CT molecular complexity index is 701. The van der Waals surface area contributed by atoms with E-state index in [4.69, 9.17) is 4.74 Å². The van der Waals surface area contributed by atoms with Gasteiger partial charge in [0.2, 0.25) is 0 Å². The van der Waals surface area contributed by atoms with Crippen LogP contribution in [0.15, 0.2) is 29.5 Å². The number of aromatic nitrogens is 3. The van der Waals surface area contributed by atoms with Gasteiger partial charge >= 0.3 is 0 Å². The van der Waals surface area contributed by atoms with E-state index in [9.17, 15) is 0 Å². The van der Waals surface area contributed by atoms with E-state index in [1.54, 1.807) is 13.4 Å². The number of aryl methyl sites for hydroxylation is 2. The first-order chi connectivity index (χ1) is 12.2. The van der Waals surface area contributed by atoms with Gasteiger partial charge in [0.05, 0.1) is 7.11 Å². The summed E-state index contributed by atoms with van der Waals surface area (Å²) in [6, 6.07) is 6.31. The third kappa shape index (κ3) is 6.47. The number of rotatable bonds is 8. The molecule has 1 heterocycles. The van der Waals surface area contributed by atoms with E-state index in [2.05, 4.69) is 57.9 Å². The number of halogens is 1. The number of aliphatic imine (C=N–C) groups is 1. The Balaban J connectivity index is 0.00000338. The molecular formula is C18H29IN6O. The monoisotopic (exact) mass is 472 g/mol. The third-order valence-corrected chi connectivity index (χ3v) is 3.94. The fourth-order valence-electron chi connectivity index (χ4n) is 2.50. The lowest BCUT2D eigenvalue weighted by Crippen LogP contribution is -2.38. The number of methoxy groups -OCH3 is 1. The van der Waals surface area contributed by atoms with Gasteiger partial charge in [0.1, 0.15) is 18.6 Å². The molecule has 1 aromatic heterocycles. The maximum absolute atomic E-state index is 5.38. The Kier molecular flexibility index (Phi) is 10.0. The van der Waals surface area contributed by atoms with Gasteiger partial charge in [0.15, 0.2) is 11.8 Å². The Morgan fingerprint density at radius 3 is 2.77 bits per heavy atom. The van der Waals surface area contributed by atoms with Crippen LogP contribution in [0.4, 0.5) is 0 Å². The van der Waals surface area contributed by atoms with Crippen molar-refractivity contribution in [2.24, 2.45) is 4.99 Å². The maximum Gasteiger partial charge on any atom is 0.191 e. The van der Waals surface area contributed by atoms with Gasteiger partial charge in [-0.15, -0.1) is 34.2 Å². The van der Waals surface area contributed by atoms with Crippen LogP contribution in [-0.4, -0.2) is 40.9 Å². The van der Waals surface area contributed by atoms with E-state index in [0.717, 1.165) is 49.2 Å². The van der Waals surface area contributed by atoms with Crippen LogP contribution in [0.2, 0.25) is 0 Å². The van der Waals surface area contributed by atoms with Crippen LogP contribution in [0.1, 0.15) is 30.8 Å². The topological polar surface area (TPSA) is 76.4 Å². The molecule has 0 saturated carbocycles. The van der Waals surface area contributed by atoms with Gasteiger partial charge in [-0.25, -0.2) is 4.99 Å². The second-order valence-electron chi connectivity index (χ2n) is 5.71. The lowest BCUT2D eigenvalue weighted by molar-refractivity contribution is 0.411. The Morgan fingerprint density at radius 1 is 1.27 bits per heavy atom. The van der Waals surface area contributed by atoms with E-state index in [1.165, 1.54) is 5.56 Å². The van der Waals surface area contributed by atoms with Gasteiger partial charge in [-0.3, -0.25) is 0 Å². The zero-order valence-corrected chi connectivity index (χ0v) is 18.3. The number of ether oxygens (including phenoxy) is 1. The van der Waals surface area contributed by atoms with Gasteiger partial charge in [-0.05, 0) is 44.4 Å². The summed E-state index contributed by atoms with van der Waals surface area (Å²) in [6.07, 6.45) is 2.63. The van der Waals surface area contributed by atoms with E-state index >= 15 is 0 Å². The summed E-state index contributed by atoms with van der Waals surface area (Å²) in [6.45, 7) is 9.11. The molecule has 26 heavy (non-hydrogen) atoms. The molecule has 1 aromatic carbocycles.